The maximum Gasteiger partial charge on any atom is 0.256 e. The first-order chi connectivity index (χ1) is 12.1. The van der Waals surface area contributed by atoms with Crippen LogP contribution >= 0.6 is 0 Å². The van der Waals surface area contributed by atoms with Crippen molar-refractivity contribution in [2.24, 2.45) is 0 Å². The number of pyridine rings is 1. The molecular weight excluding hydrogens is 316 g/mol. The fraction of sp³-hybridized carbons (Fsp3) is 0.500. The Bertz CT molecular complexity index is 720. The van der Waals surface area contributed by atoms with Crippen molar-refractivity contribution in [1.29, 1.82) is 0 Å². The van der Waals surface area contributed by atoms with Gasteiger partial charge < -0.3 is 15.1 Å². The summed E-state index contributed by atoms with van der Waals surface area (Å²) in [6.07, 6.45) is 4.37. The second kappa shape index (κ2) is 7.65. The topological polar surface area (TPSA) is 66.3 Å². The second-order valence-corrected chi connectivity index (χ2v) is 6.57. The maximum atomic E-state index is 12.7. The molecule has 0 bridgehead atoms. The molecule has 1 unspecified atom stereocenters. The molecule has 1 N–H and O–H groups in total. The number of nitrogens with zero attached hydrogens (tertiary/aromatic N) is 5. The molecule has 1 saturated heterocycles. The summed E-state index contributed by atoms with van der Waals surface area (Å²) in [5, 5.41) is 7.27. The minimum Gasteiger partial charge on any atom is -0.354 e. The average Bonchev–Trinajstić information content (AvgIpc) is 3.10. The molecule has 25 heavy (non-hydrogen) atoms. The van der Waals surface area contributed by atoms with E-state index in [0.717, 1.165) is 44.2 Å². The van der Waals surface area contributed by atoms with E-state index in [1.807, 2.05) is 16.8 Å². The van der Waals surface area contributed by atoms with Gasteiger partial charge in [-0.05, 0) is 32.5 Å². The number of amides is 1. The molecule has 0 saturated carbocycles. The minimum atomic E-state index is -0.136. The number of carbonyl (C=O) groups is 1. The Labute approximate surface area is 148 Å². The van der Waals surface area contributed by atoms with E-state index in [-0.39, 0.29) is 11.9 Å². The average molecular weight is 342 g/mol. The van der Waals surface area contributed by atoms with Crippen LogP contribution in [-0.2, 0) is 0 Å². The Balaban J connectivity index is 1.73. The van der Waals surface area contributed by atoms with Crippen molar-refractivity contribution in [2.75, 3.05) is 43.4 Å². The Kier molecular flexibility index (Phi) is 5.33. The first-order valence-corrected chi connectivity index (χ1v) is 8.83. The van der Waals surface area contributed by atoms with Crippen molar-refractivity contribution in [3.05, 3.63) is 36.2 Å². The monoisotopic (exact) mass is 342 g/mol. The van der Waals surface area contributed by atoms with Crippen LogP contribution in [0.5, 0.6) is 0 Å². The lowest BCUT2D eigenvalue weighted by Gasteiger charge is -2.33. The maximum absolute atomic E-state index is 12.7. The summed E-state index contributed by atoms with van der Waals surface area (Å²) in [5.41, 5.74) is 0.612. The molecule has 1 fully saturated rings. The molecule has 3 heterocycles. The molecule has 0 aliphatic carbocycles. The number of piperazine rings is 1. The summed E-state index contributed by atoms with van der Waals surface area (Å²) in [6, 6.07) is 5.68. The summed E-state index contributed by atoms with van der Waals surface area (Å²) in [6.45, 7) is 8.05. The molecule has 7 nitrogen and oxygen atoms in total. The third kappa shape index (κ3) is 3.99. The van der Waals surface area contributed by atoms with E-state index in [1.165, 1.54) is 0 Å². The normalized spacial score (nSPS) is 16.7. The van der Waals surface area contributed by atoms with Crippen molar-refractivity contribution in [3.8, 4) is 0 Å². The number of aromatic nitrogens is 3. The van der Waals surface area contributed by atoms with Crippen LogP contribution in [0.25, 0.3) is 0 Å². The van der Waals surface area contributed by atoms with Gasteiger partial charge in [-0.1, -0.05) is 6.92 Å². The highest BCUT2D eigenvalue weighted by Gasteiger charge is 2.17. The summed E-state index contributed by atoms with van der Waals surface area (Å²) in [4.78, 5) is 21.6. The molecule has 3 rings (SSSR count). The number of rotatable bonds is 5. The lowest BCUT2D eigenvalue weighted by Crippen LogP contribution is -2.44. The Morgan fingerprint density at radius 2 is 2.00 bits per heavy atom. The fourth-order valence-electron chi connectivity index (χ4n) is 2.89. The standard InChI is InChI=1S/C18H26N6O/c1-4-14(2)24-16(6-8-20-24)21-18(25)15-5-7-19-17(13-15)23-11-9-22(3)10-12-23/h5-8,13-14H,4,9-12H2,1-3H3,(H,21,25). The van der Waals surface area contributed by atoms with Gasteiger partial charge in [0.15, 0.2) is 0 Å². The molecule has 1 amide bonds. The molecule has 2 aromatic heterocycles. The van der Waals surface area contributed by atoms with Crippen LogP contribution < -0.4 is 10.2 Å². The van der Waals surface area contributed by atoms with Gasteiger partial charge in [-0.25, -0.2) is 9.67 Å². The highest BCUT2D eigenvalue weighted by Crippen LogP contribution is 2.19. The van der Waals surface area contributed by atoms with Gasteiger partial charge in [-0.15, -0.1) is 0 Å². The van der Waals surface area contributed by atoms with E-state index >= 15 is 0 Å². The van der Waals surface area contributed by atoms with Crippen LogP contribution in [-0.4, -0.2) is 58.8 Å². The first kappa shape index (κ1) is 17.4. The van der Waals surface area contributed by atoms with Gasteiger partial charge in [0, 0.05) is 44.0 Å². The largest absolute Gasteiger partial charge is 0.354 e. The zero-order valence-electron chi connectivity index (χ0n) is 15.1. The van der Waals surface area contributed by atoms with E-state index in [1.54, 1.807) is 18.5 Å². The molecule has 2 aromatic rings. The molecule has 134 valence electrons. The second-order valence-electron chi connectivity index (χ2n) is 6.57. The Hall–Kier alpha value is -2.41. The van der Waals surface area contributed by atoms with Crippen molar-refractivity contribution in [2.45, 2.75) is 26.3 Å². The molecular formula is C18H26N6O. The van der Waals surface area contributed by atoms with Gasteiger partial charge >= 0.3 is 0 Å². The van der Waals surface area contributed by atoms with Crippen LogP contribution in [0.4, 0.5) is 11.6 Å². The summed E-state index contributed by atoms with van der Waals surface area (Å²) >= 11 is 0. The SMILES string of the molecule is CCC(C)n1nccc1NC(=O)c1ccnc(N2CCN(C)CC2)c1. The van der Waals surface area contributed by atoms with E-state index in [2.05, 4.69) is 46.1 Å². The zero-order chi connectivity index (χ0) is 17.8. The van der Waals surface area contributed by atoms with Gasteiger partial charge in [0.25, 0.3) is 5.91 Å². The van der Waals surface area contributed by atoms with Crippen LogP contribution in [0.2, 0.25) is 0 Å². The molecule has 1 atom stereocenters. The van der Waals surface area contributed by atoms with Crippen molar-refractivity contribution < 1.29 is 4.79 Å². The smallest absolute Gasteiger partial charge is 0.256 e. The number of hydrogen-bond acceptors (Lipinski definition) is 5. The third-order valence-corrected chi connectivity index (χ3v) is 4.76. The predicted octanol–water partition coefficient (Wildman–Crippen LogP) is 2.25. The molecule has 0 radical (unpaired) electrons. The number of nitrogens with one attached hydrogen (secondary N) is 1. The molecule has 0 spiro atoms. The first-order valence-electron chi connectivity index (χ1n) is 8.83. The van der Waals surface area contributed by atoms with Gasteiger partial charge in [0.2, 0.25) is 0 Å². The van der Waals surface area contributed by atoms with E-state index < -0.39 is 0 Å². The Morgan fingerprint density at radius 1 is 1.24 bits per heavy atom. The van der Waals surface area contributed by atoms with Crippen LogP contribution in [0.3, 0.4) is 0 Å². The lowest BCUT2D eigenvalue weighted by atomic mass is 10.2. The fourth-order valence-corrected chi connectivity index (χ4v) is 2.89. The zero-order valence-corrected chi connectivity index (χ0v) is 15.1. The highest BCUT2D eigenvalue weighted by molar-refractivity contribution is 6.04. The minimum absolute atomic E-state index is 0.136. The van der Waals surface area contributed by atoms with Crippen LogP contribution in [0, 0.1) is 0 Å². The van der Waals surface area contributed by atoms with E-state index in [0.29, 0.717) is 5.56 Å². The highest BCUT2D eigenvalue weighted by atomic mass is 16.1. The number of hydrogen-bond donors (Lipinski definition) is 1. The van der Waals surface area contributed by atoms with Gasteiger partial charge in [-0.2, -0.15) is 5.10 Å². The number of carbonyl (C=O) groups excluding carboxylic acids is 1. The quantitative estimate of drug-likeness (QED) is 0.903. The van der Waals surface area contributed by atoms with Gasteiger partial charge in [0.05, 0.1) is 12.2 Å². The molecule has 1 aliphatic heterocycles. The van der Waals surface area contributed by atoms with Crippen molar-refractivity contribution in [1.82, 2.24) is 19.7 Å². The molecule has 7 heteroatoms. The summed E-state index contributed by atoms with van der Waals surface area (Å²) < 4.78 is 1.85. The van der Waals surface area contributed by atoms with Gasteiger partial charge in [0.1, 0.15) is 11.6 Å². The van der Waals surface area contributed by atoms with Crippen molar-refractivity contribution in [3.63, 3.8) is 0 Å². The Morgan fingerprint density at radius 3 is 2.72 bits per heavy atom. The van der Waals surface area contributed by atoms with Crippen molar-refractivity contribution >= 4 is 17.5 Å². The van der Waals surface area contributed by atoms with Gasteiger partial charge in [-0.3, -0.25) is 4.79 Å². The number of anilines is 2. The predicted molar refractivity (Wildman–Crippen MR) is 99.1 cm³/mol. The van der Waals surface area contributed by atoms with Crippen LogP contribution in [0.15, 0.2) is 30.6 Å². The summed E-state index contributed by atoms with van der Waals surface area (Å²) in [5.74, 6) is 1.44. The van der Waals surface area contributed by atoms with E-state index in [4.69, 9.17) is 0 Å². The lowest BCUT2D eigenvalue weighted by molar-refractivity contribution is 0.102. The van der Waals surface area contributed by atoms with E-state index in [9.17, 15) is 4.79 Å². The van der Waals surface area contributed by atoms with Crippen LogP contribution in [0.1, 0.15) is 36.7 Å². The summed E-state index contributed by atoms with van der Waals surface area (Å²) in [7, 11) is 2.12. The third-order valence-electron chi connectivity index (χ3n) is 4.76. The number of likely N-dealkylation sites (N-methyl/N-ethyl adjacent to an activating group) is 1. The molecule has 0 aromatic carbocycles. The molecule has 1 aliphatic rings.